The van der Waals surface area contributed by atoms with Crippen LogP contribution >= 0.6 is 11.3 Å². The number of rotatable bonds is 5. The molecule has 0 radical (unpaired) electrons. The van der Waals surface area contributed by atoms with Crippen molar-refractivity contribution in [1.82, 2.24) is 19.7 Å². The molecule has 0 aliphatic rings. The first kappa shape index (κ1) is 12.3. The van der Waals surface area contributed by atoms with Gasteiger partial charge < -0.3 is 4.57 Å². The van der Waals surface area contributed by atoms with Gasteiger partial charge in [0.05, 0.1) is 6.54 Å². The monoisotopic (exact) mass is 250 g/mol. The zero-order valence-electron chi connectivity index (χ0n) is 10.5. The molecule has 5 heteroatoms. The first-order chi connectivity index (χ1) is 8.16. The Bertz CT molecular complexity index is 447. The van der Waals surface area contributed by atoms with E-state index in [0.717, 1.165) is 18.9 Å². The Kier molecular flexibility index (Phi) is 3.91. The Morgan fingerprint density at radius 2 is 2.24 bits per heavy atom. The predicted octanol–water partition coefficient (Wildman–Crippen LogP) is 2.55. The molecule has 4 nitrogen and oxygen atoms in total. The SMILES string of the molecule is CC(C)n1cnnc1CN(C)Cc1ccsc1. The fraction of sp³-hybridized carbons (Fsp3) is 0.500. The van der Waals surface area contributed by atoms with Gasteiger partial charge in [0.1, 0.15) is 12.2 Å². The van der Waals surface area contributed by atoms with E-state index in [9.17, 15) is 0 Å². The molecule has 0 saturated carbocycles. The highest BCUT2D eigenvalue weighted by Gasteiger charge is 2.10. The number of thiophene rings is 1. The van der Waals surface area contributed by atoms with Crippen molar-refractivity contribution in [3.63, 3.8) is 0 Å². The van der Waals surface area contributed by atoms with Gasteiger partial charge in [-0.1, -0.05) is 0 Å². The van der Waals surface area contributed by atoms with Crippen molar-refractivity contribution < 1.29 is 0 Å². The standard InChI is InChI=1S/C12H18N4S/c1-10(2)16-9-13-14-12(16)7-15(3)6-11-4-5-17-8-11/h4-5,8-10H,6-7H2,1-3H3. The second-order valence-electron chi connectivity index (χ2n) is 4.55. The number of hydrogen-bond donors (Lipinski definition) is 0. The Labute approximate surface area is 106 Å². The Hall–Kier alpha value is -1.20. The zero-order valence-corrected chi connectivity index (χ0v) is 11.3. The van der Waals surface area contributed by atoms with Crippen LogP contribution in [0.2, 0.25) is 0 Å². The Balaban J connectivity index is 1.98. The summed E-state index contributed by atoms with van der Waals surface area (Å²) in [5.41, 5.74) is 1.35. The highest BCUT2D eigenvalue weighted by Crippen LogP contribution is 2.12. The van der Waals surface area contributed by atoms with Gasteiger partial charge in [-0.3, -0.25) is 4.90 Å². The fourth-order valence-electron chi connectivity index (χ4n) is 1.80. The number of nitrogens with zero attached hydrogens (tertiary/aromatic N) is 4. The summed E-state index contributed by atoms with van der Waals surface area (Å²) in [5.74, 6) is 1.03. The lowest BCUT2D eigenvalue weighted by molar-refractivity contribution is 0.302. The topological polar surface area (TPSA) is 34.0 Å². The highest BCUT2D eigenvalue weighted by molar-refractivity contribution is 7.07. The van der Waals surface area contributed by atoms with E-state index in [0.29, 0.717) is 6.04 Å². The molecule has 0 N–H and O–H groups in total. The van der Waals surface area contributed by atoms with Crippen LogP contribution in [0.1, 0.15) is 31.3 Å². The normalized spacial score (nSPS) is 11.6. The van der Waals surface area contributed by atoms with Gasteiger partial charge >= 0.3 is 0 Å². The molecule has 0 aromatic carbocycles. The van der Waals surface area contributed by atoms with Crippen LogP contribution in [0.25, 0.3) is 0 Å². The molecule has 2 aromatic rings. The maximum absolute atomic E-state index is 4.18. The molecule has 0 unspecified atom stereocenters. The first-order valence-corrected chi connectivity index (χ1v) is 6.69. The maximum atomic E-state index is 4.18. The minimum absolute atomic E-state index is 0.412. The van der Waals surface area contributed by atoms with Crippen LogP contribution in [0.5, 0.6) is 0 Å². The molecule has 2 heterocycles. The molecule has 0 saturated heterocycles. The third kappa shape index (κ3) is 3.14. The predicted molar refractivity (Wildman–Crippen MR) is 69.9 cm³/mol. The molecule has 0 aliphatic carbocycles. The van der Waals surface area contributed by atoms with Crippen molar-refractivity contribution in [2.24, 2.45) is 0 Å². The molecule has 17 heavy (non-hydrogen) atoms. The van der Waals surface area contributed by atoms with Gasteiger partial charge in [0.2, 0.25) is 0 Å². The largest absolute Gasteiger partial charge is 0.314 e. The van der Waals surface area contributed by atoms with Gasteiger partial charge in [-0.2, -0.15) is 11.3 Å². The van der Waals surface area contributed by atoms with E-state index in [-0.39, 0.29) is 0 Å². The van der Waals surface area contributed by atoms with E-state index in [4.69, 9.17) is 0 Å². The van der Waals surface area contributed by atoms with Crippen LogP contribution in [-0.2, 0) is 13.1 Å². The molecule has 0 amide bonds. The van der Waals surface area contributed by atoms with Gasteiger partial charge in [-0.05, 0) is 43.3 Å². The third-order valence-corrected chi connectivity index (χ3v) is 3.38. The molecular formula is C12H18N4S. The molecule has 0 fully saturated rings. The molecular weight excluding hydrogens is 232 g/mol. The van der Waals surface area contributed by atoms with Crippen LogP contribution in [0, 0.1) is 0 Å². The highest BCUT2D eigenvalue weighted by atomic mass is 32.1. The van der Waals surface area contributed by atoms with Gasteiger partial charge in [-0.25, -0.2) is 0 Å². The van der Waals surface area contributed by atoms with E-state index >= 15 is 0 Å². The summed E-state index contributed by atoms with van der Waals surface area (Å²) in [6.07, 6.45) is 1.80. The van der Waals surface area contributed by atoms with Crippen molar-refractivity contribution >= 4 is 11.3 Å². The first-order valence-electron chi connectivity index (χ1n) is 5.75. The van der Waals surface area contributed by atoms with Crippen molar-refractivity contribution in [2.45, 2.75) is 33.0 Å². The fourth-order valence-corrected chi connectivity index (χ4v) is 2.46. The van der Waals surface area contributed by atoms with Crippen molar-refractivity contribution in [1.29, 1.82) is 0 Å². The van der Waals surface area contributed by atoms with E-state index in [2.05, 4.69) is 57.4 Å². The van der Waals surface area contributed by atoms with E-state index in [1.54, 1.807) is 17.7 Å². The second kappa shape index (κ2) is 5.42. The smallest absolute Gasteiger partial charge is 0.147 e. The summed E-state index contributed by atoms with van der Waals surface area (Å²) in [6, 6.07) is 2.57. The van der Waals surface area contributed by atoms with Gasteiger partial charge in [-0.15, -0.1) is 10.2 Å². The summed E-state index contributed by atoms with van der Waals surface area (Å²) in [5, 5.41) is 12.5. The Morgan fingerprint density at radius 3 is 2.88 bits per heavy atom. The van der Waals surface area contributed by atoms with Crippen LogP contribution in [-0.4, -0.2) is 26.7 Å². The van der Waals surface area contributed by atoms with Crippen LogP contribution in [0.3, 0.4) is 0 Å². The summed E-state index contributed by atoms with van der Waals surface area (Å²) in [4.78, 5) is 2.25. The molecule has 0 spiro atoms. The summed E-state index contributed by atoms with van der Waals surface area (Å²) in [7, 11) is 2.11. The van der Waals surface area contributed by atoms with Gasteiger partial charge in [0.15, 0.2) is 0 Å². The summed E-state index contributed by atoms with van der Waals surface area (Å²) in [6.45, 7) is 6.07. The molecule has 0 atom stereocenters. The zero-order chi connectivity index (χ0) is 12.3. The van der Waals surface area contributed by atoms with E-state index in [1.165, 1.54) is 5.56 Å². The van der Waals surface area contributed by atoms with E-state index in [1.807, 2.05) is 0 Å². The van der Waals surface area contributed by atoms with Gasteiger partial charge in [0, 0.05) is 12.6 Å². The number of aromatic nitrogens is 3. The summed E-state index contributed by atoms with van der Waals surface area (Å²) < 4.78 is 2.12. The molecule has 0 aliphatic heterocycles. The summed E-state index contributed by atoms with van der Waals surface area (Å²) >= 11 is 1.74. The van der Waals surface area contributed by atoms with Crippen molar-refractivity contribution in [2.75, 3.05) is 7.05 Å². The lowest BCUT2D eigenvalue weighted by Gasteiger charge is -2.17. The minimum Gasteiger partial charge on any atom is -0.314 e. The van der Waals surface area contributed by atoms with Crippen LogP contribution < -0.4 is 0 Å². The van der Waals surface area contributed by atoms with Crippen molar-refractivity contribution in [3.05, 3.63) is 34.5 Å². The average Bonchev–Trinajstić information content (AvgIpc) is 2.88. The van der Waals surface area contributed by atoms with Crippen LogP contribution in [0.4, 0.5) is 0 Å². The Morgan fingerprint density at radius 1 is 1.41 bits per heavy atom. The quantitative estimate of drug-likeness (QED) is 0.818. The average molecular weight is 250 g/mol. The molecule has 0 bridgehead atoms. The molecule has 92 valence electrons. The second-order valence-corrected chi connectivity index (χ2v) is 5.33. The minimum atomic E-state index is 0.412. The molecule has 2 rings (SSSR count). The van der Waals surface area contributed by atoms with E-state index < -0.39 is 0 Å². The van der Waals surface area contributed by atoms with Crippen LogP contribution in [0.15, 0.2) is 23.2 Å². The lowest BCUT2D eigenvalue weighted by Crippen LogP contribution is -2.20. The van der Waals surface area contributed by atoms with Crippen molar-refractivity contribution in [3.8, 4) is 0 Å². The van der Waals surface area contributed by atoms with Gasteiger partial charge in [0.25, 0.3) is 0 Å². The third-order valence-electron chi connectivity index (χ3n) is 2.65. The number of hydrogen-bond acceptors (Lipinski definition) is 4. The molecule has 2 aromatic heterocycles. The maximum Gasteiger partial charge on any atom is 0.147 e. The lowest BCUT2D eigenvalue weighted by atomic mass is 10.3.